The first-order chi connectivity index (χ1) is 5.58. The first-order valence-corrected chi connectivity index (χ1v) is 3.55. The lowest BCUT2D eigenvalue weighted by molar-refractivity contribution is 0.845. The van der Waals surface area contributed by atoms with E-state index in [1.54, 1.807) is 0 Å². The summed E-state index contributed by atoms with van der Waals surface area (Å²) < 4.78 is 0. The number of anilines is 1. The molecule has 0 aromatic carbocycles. The molecule has 0 aliphatic heterocycles. The topological polar surface area (TPSA) is 90.6 Å². The number of nitrogens with zero attached hydrogens (tertiary/aromatic N) is 1. The van der Waals surface area contributed by atoms with Crippen LogP contribution in [-0.4, -0.2) is 21.0 Å². The number of hydrogen-bond donors (Lipinski definition) is 3. The second-order valence-electron chi connectivity index (χ2n) is 2.64. The van der Waals surface area contributed by atoms with Gasteiger partial charge >= 0.3 is 11.4 Å². The van der Waals surface area contributed by atoms with Crippen molar-refractivity contribution in [3.63, 3.8) is 0 Å². The lowest BCUT2D eigenvalue weighted by Gasteiger charge is -2.05. The van der Waals surface area contributed by atoms with E-state index in [2.05, 4.69) is 15.3 Å². The van der Waals surface area contributed by atoms with Crippen LogP contribution in [0, 0.1) is 0 Å². The fraction of sp³-hybridized carbons (Fsp3) is 0.500. The number of aromatic nitrogens is 3. The molecule has 0 atom stereocenters. The molecular weight excluding hydrogens is 160 g/mol. The van der Waals surface area contributed by atoms with Crippen molar-refractivity contribution in [2.45, 2.75) is 19.9 Å². The van der Waals surface area contributed by atoms with Crippen molar-refractivity contribution in [3.8, 4) is 0 Å². The molecule has 0 aliphatic rings. The molecule has 6 nitrogen and oxygen atoms in total. The standard InChI is InChI=1S/C6H10N4O2/c1-3(2)7-4-8-5(11)10-6(12)9-4/h3H,1-2H3,(H3,7,8,9,10,11,12). The van der Waals surface area contributed by atoms with Crippen LogP contribution in [0.25, 0.3) is 0 Å². The summed E-state index contributed by atoms with van der Waals surface area (Å²) in [5, 5.41) is 2.80. The Balaban J connectivity index is 3.01. The molecule has 3 N–H and O–H groups in total. The minimum atomic E-state index is -0.651. The Morgan fingerprint density at radius 2 is 2.00 bits per heavy atom. The highest BCUT2D eigenvalue weighted by Gasteiger charge is 1.98. The summed E-state index contributed by atoms with van der Waals surface area (Å²) in [4.78, 5) is 29.2. The van der Waals surface area contributed by atoms with E-state index in [9.17, 15) is 9.59 Å². The third kappa shape index (κ3) is 2.22. The summed E-state index contributed by atoms with van der Waals surface area (Å²) in [6, 6.07) is 0.120. The van der Waals surface area contributed by atoms with Gasteiger partial charge in [-0.2, -0.15) is 4.98 Å². The summed E-state index contributed by atoms with van der Waals surface area (Å²) in [5.74, 6) is 0.193. The van der Waals surface area contributed by atoms with Crippen LogP contribution >= 0.6 is 0 Å². The number of aromatic amines is 2. The molecule has 12 heavy (non-hydrogen) atoms. The normalized spacial score (nSPS) is 10.2. The van der Waals surface area contributed by atoms with Crippen LogP contribution in [0.3, 0.4) is 0 Å². The third-order valence-electron chi connectivity index (χ3n) is 1.09. The molecule has 1 aromatic rings. The van der Waals surface area contributed by atoms with Gasteiger partial charge in [0.25, 0.3) is 0 Å². The van der Waals surface area contributed by atoms with Gasteiger partial charge in [0.2, 0.25) is 5.95 Å². The van der Waals surface area contributed by atoms with Gasteiger partial charge in [0.05, 0.1) is 0 Å². The van der Waals surface area contributed by atoms with Crippen molar-refractivity contribution >= 4 is 5.95 Å². The zero-order chi connectivity index (χ0) is 9.14. The van der Waals surface area contributed by atoms with Crippen LogP contribution in [0.2, 0.25) is 0 Å². The Labute approximate surface area is 68.1 Å². The van der Waals surface area contributed by atoms with Crippen molar-refractivity contribution in [1.29, 1.82) is 0 Å². The minimum Gasteiger partial charge on any atom is -0.353 e. The van der Waals surface area contributed by atoms with Crippen LogP contribution in [0.15, 0.2) is 9.59 Å². The van der Waals surface area contributed by atoms with E-state index < -0.39 is 11.4 Å². The summed E-state index contributed by atoms with van der Waals surface area (Å²) in [5.41, 5.74) is -1.21. The molecule has 0 fully saturated rings. The number of rotatable bonds is 2. The van der Waals surface area contributed by atoms with Gasteiger partial charge in [-0.25, -0.2) is 9.59 Å². The van der Waals surface area contributed by atoms with Gasteiger partial charge in [0, 0.05) is 6.04 Å². The Hall–Kier alpha value is -1.59. The highest BCUT2D eigenvalue weighted by Crippen LogP contribution is 1.91. The molecule has 0 bridgehead atoms. The molecule has 0 saturated carbocycles. The quantitative estimate of drug-likeness (QED) is 0.546. The van der Waals surface area contributed by atoms with E-state index >= 15 is 0 Å². The monoisotopic (exact) mass is 170 g/mol. The summed E-state index contributed by atoms with van der Waals surface area (Å²) in [6.45, 7) is 3.75. The molecule has 0 unspecified atom stereocenters. The molecular formula is C6H10N4O2. The fourth-order valence-electron chi connectivity index (χ4n) is 0.735. The van der Waals surface area contributed by atoms with Crippen molar-refractivity contribution < 1.29 is 0 Å². The summed E-state index contributed by atoms with van der Waals surface area (Å²) >= 11 is 0. The second-order valence-corrected chi connectivity index (χ2v) is 2.64. The molecule has 1 aromatic heterocycles. The van der Waals surface area contributed by atoms with E-state index in [4.69, 9.17) is 0 Å². The van der Waals surface area contributed by atoms with Gasteiger partial charge in [-0.1, -0.05) is 0 Å². The van der Waals surface area contributed by atoms with E-state index in [-0.39, 0.29) is 12.0 Å². The molecule has 66 valence electrons. The Morgan fingerprint density at radius 3 is 2.50 bits per heavy atom. The summed E-state index contributed by atoms with van der Waals surface area (Å²) in [6.07, 6.45) is 0. The average Bonchev–Trinajstić information content (AvgIpc) is 1.81. The number of hydrogen-bond acceptors (Lipinski definition) is 4. The van der Waals surface area contributed by atoms with Gasteiger partial charge in [-0.15, -0.1) is 0 Å². The maximum Gasteiger partial charge on any atom is 0.352 e. The van der Waals surface area contributed by atoms with Crippen LogP contribution in [0.4, 0.5) is 5.95 Å². The number of nitrogens with one attached hydrogen (secondary N) is 3. The van der Waals surface area contributed by atoms with Gasteiger partial charge in [-0.05, 0) is 13.8 Å². The highest BCUT2D eigenvalue weighted by atomic mass is 16.2. The van der Waals surface area contributed by atoms with Crippen LogP contribution in [0.5, 0.6) is 0 Å². The van der Waals surface area contributed by atoms with Crippen molar-refractivity contribution in [3.05, 3.63) is 21.0 Å². The SMILES string of the molecule is CC(C)Nc1nc(=O)[nH]c(=O)[nH]1. The van der Waals surface area contributed by atoms with E-state index in [0.717, 1.165) is 0 Å². The third-order valence-corrected chi connectivity index (χ3v) is 1.09. The Bertz CT molecular complexity index is 336. The molecule has 0 saturated heterocycles. The van der Waals surface area contributed by atoms with Crippen LogP contribution in [0.1, 0.15) is 13.8 Å². The molecule has 0 aliphatic carbocycles. The highest BCUT2D eigenvalue weighted by molar-refractivity contribution is 5.21. The van der Waals surface area contributed by atoms with Gasteiger partial charge in [0.1, 0.15) is 0 Å². The molecule has 0 amide bonds. The van der Waals surface area contributed by atoms with E-state index in [0.29, 0.717) is 0 Å². The average molecular weight is 170 g/mol. The molecule has 6 heteroatoms. The predicted molar refractivity (Wildman–Crippen MR) is 44.2 cm³/mol. The first-order valence-electron chi connectivity index (χ1n) is 3.55. The lowest BCUT2D eigenvalue weighted by atomic mass is 10.4. The fourth-order valence-corrected chi connectivity index (χ4v) is 0.735. The van der Waals surface area contributed by atoms with Gasteiger partial charge in [0.15, 0.2) is 0 Å². The molecule has 1 rings (SSSR count). The summed E-state index contributed by atoms with van der Waals surface area (Å²) in [7, 11) is 0. The Kier molecular flexibility index (Phi) is 2.27. The van der Waals surface area contributed by atoms with Gasteiger partial charge in [-0.3, -0.25) is 9.97 Å². The van der Waals surface area contributed by atoms with Crippen LogP contribution < -0.4 is 16.7 Å². The van der Waals surface area contributed by atoms with Crippen molar-refractivity contribution in [2.75, 3.05) is 5.32 Å². The zero-order valence-corrected chi connectivity index (χ0v) is 6.84. The van der Waals surface area contributed by atoms with Crippen molar-refractivity contribution in [1.82, 2.24) is 15.0 Å². The van der Waals surface area contributed by atoms with E-state index in [1.807, 2.05) is 18.8 Å². The molecule has 0 radical (unpaired) electrons. The van der Waals surface area contributed by atoms with Gasteiger partial charge < -0.3 is 5.32 Å². The Morgan fingerprint density at radius 1 is 1.33 bits per heavy atom. The van der Waals surface area contributed by atoms with Crippen LogP contribution in [-0.2, 0) is 0 Å². The first kappa shape index (κ1) is 8.51. The smallest absolute Gasteiger partial charge is 0.352 e. The lowest BCUT2D eigenvalue weighted by Crippen LogP contribution is -2.28. The zero-order valence-electron chi connectivity index (χ0n) is 6.84. The maximum atomic E-state index is 10.7. The molecule has 0 spiro atoms. The number of H-pyrrole nitrogens is 2. The minimum absolute atomic E-state index is 0.120. The second kappa shape index (κ2) is 3.21. The maximum absolute atomic E-state index is 10.7. The van der Waals surface area contributed by atoms with E-state index in [1.165, 1.54) is 0 Å². The van der Waals surface area contributed by atoms with Crippen molar-refractivity contribution in [2.24, 2.45) is 0 Å². The predicted octanol–water partition coefficient (Wildman–Crippen LogP) is -0.722. The largest absolute Gasteiger partial charge is 0.353 e. The molecule has 1 heterocycles.